The van der Waals surface area contributed by atoms with Crippen molar-refractivity contribution in [2.45, 2.75) is 0 Å². The van der Waals surface area contributed by atoms with E-state index in [1.807, 2.05) is 60.7 Å². The number of hydrogen-bond donors (Lipinski definition) is 0. The number of amides is 1. The summed E-state index contributed by atoms with van der Waals surface area (Å²) in [4.78, 5) is 19.1. The Morgan fingerprint density at radius 1 is 1.08 bits per heavy atom. The Bertz CT molecular complexity index is 787. The first-order chi connectivity index (χ1) is 11.7. The van der Waals surface area contributed by atoms with E-state index < -0.39 is 0 Å². The van der Waals surface area contributed by atoms with Crippen molar-refractivity contribution in [1.29, 1.82) is 0 Å². The van der Waals surface area contributed by atoms with E-state index in [2.05, 4.69) is 4.98 Å². The molecule has 2 aromatic carbocycles. The quantitative estimate of drug-likeness (QED) is 0.683. The Hall–Kier alpha value is -2.66. The zero-order chi connectivity index (χ0) is 16.8. The highest BCUT2D eigenvalue weighted by Crippen LogP contribution is 2.25. The Morgan fingerprint density at radius 2 is 1.75 bits per heavy atom. The van der Waals surface area contributed by atoms with E-state index in [9.17, 15) is 4.79 Å². The summed E-state index contributed by atoms with van der Waals surface area (Å²) >= 11 is 1.41. The summed E-state index contributed by atoms with van der Waals surface area (Å²) in [5.74, 6) is 0.772. The van der Waals surface area contributed by atoms with Gasteiger partial charge in [0.2, 0.25) is 0 Å². The number of nitrogens with zero attached hydrogens (tertiary/aromatic N) is 2. The molecule has 5 heteroatoms. The van der Waals surface area contributed by atoms with Crippen LogP contribution in [0.2, 0.25) is 0 Å². The first kappa shape index (κ1) is 16.2. The number of carbonyl (C=O) groups is 1. The third-order valence-corrected chi connectivity index (χ3v) is 4.56. The molecule has 24 heavy (non-hydrogen) atoms. The number of thiazole rings is 1. The molecule has 0 unspecified atom stereocenters. The lowest BCUT2D eigenvalue weighted by atomic mass is 10.2. The predicted molar refractivity (Wildman–Crippen MR) is 96.4 cm³/mol. The van der Waals surface area contributed by atoms with E-state index in [1.165, 1.54) is 11.3 Å². The summed E-state index contributed by atoms with van der Waals surface area (Å²) in [5, 5.41) is 0.855. The number of para-hydroxylation sites is 1. The Labute approximate surface area is 145 Å². The van der Waals surface area contributed by atoms with Crippen molar-refractivity contribution in [1.82, 2.24) is 9.88 Å². The summed E-state index contributed by atoms with van der Waals surface area (Å²) in [6.45, 7) is 0.975. The third kappa shape index (κ3) is 4.00. The molecule has 0 atom stereocenters. The van der Waals surface area contributed by atoms with E-state index in [-0.39, 0.29) is 5.91 Å². The number of hydrogen-bond acceptors (Lipinski definition) is 4. The highest BCUT2D eigenvalue weighted by molar-refractivity contribution is 7.16. The molecule has 3 rings (SSSR count). The van der Waals surface area contributed by atoms with Crippen LogP contribution in [0.3, 0.4) is 0 Å². The predicted octanol–water partition coefficient (Wildman–Crippen LogP) is 3.96. The van der Waals surface area contributed by atoms with Gasteiger partial charge < -0.3 is 9.64 Å². The number of ether oxygens (including phenoxy) is 1. The second-order valence-electron chi connectivity index (χ2n) is 5.28. The molecule has 122 valence electrons. The Kier molecular flexibility index (Phi) is 5.23. The second-order valence-corrected chi connectivity index (χ2v) is 6.31. The van der Waals surface area contributed by atoms with Crippen LogP contribution in [0.5, 0.6) is 5.75 Å². The summed E-state index contributed by atoms with van der Waals surface area (Å²) in [7, 11) is 1.78. The van der Waals surface area contributed by atoms with Crippen molar-refractivity contribution in [3.63, 3.8) is 0 Å². The molecule has 0 fully saturated rings. The van der Waals surface area contributed by atoms with Gasteiger partial charge in [0.15, 0.2) is 0 Å². The van der Waals surface area contributed by atoms with Crippen LogP contribution in [0.25, 0.3) is 10.6 Å². The molecule has 0 N–H and O–H groups in total. The van der Waals surface area contributed by atoms with Gasteiger partial charge in [0.1, 0.15) is 22.2 Å². The molecule has 0 bridgehead atoms. The lowest BCUT2D eigenvalue weighted by Gasteiger charge is -2.16. The fourth-order valence-electron chi connectivity index (χ4n) is 2.19. The first-order valence-electron chi connectivity index (χ1n) is 7.68. The number of likely N-dealkylation sites (N-methyl/N-ethyl adjacent to an activating group) is 1. The highest BCUT2D eigenvalue weighted by Gasteiger charge is 2.15. The van der Waals surface area contributed by atoms with Crippen molar-refractivity contribution in [3.8, 4) is 16.3 Å². The van der Waals surface area contributed by atoms with Crippen LogP contribution in [0, 0.1) is 0 Å². The minimum absolute atomic E-state index is 0.0358. The van der Waals surface area contributed by atoms with Crippen molar-refractivity contribution >= 4 is 17.2 Å². The zero-order valence-corrected chi connectivity index (χ0v) is 14.2. The molecular formula is C19H18N2O2S. The molecular weight excluding hydrogens is 320 g/mol. The van der Waals surface area contributed by atoms with Gasteiger partial charge in [-0.3, -0.25) is 4.79 Å². The largest absolute Gasteiger partial charge is 0.492 e. The van der Waals surface area contributed by atoms with Gasteiger partial charge in [-0.1, -0.05) is 48.5 Å². The Morgan fingerprint density at radius 3 is 2.46 bits per heavy atom. The minimum atomic E-state index is -0.0358. The van der Waals surface area contributed by atoms with Gasteiger partial charge in [-0.2, -0.15) is 0 Å². The maximum atomic E-state index is 12.5. The zero-order valence-electron chi connectivity index (χ0n) is 13.4. The third-order valence-electron chi connectivity index (χ3n) is 3.52. The average Bonchev–Trinajstić information content (AvgIpc) is 3.13. The van der Waals surface area contributed by atoms with Gasteiger partial charge in [-0.25, -0.2) is 4.98 Å². The molecule has 1 aromatic heterocycles. The van der Waals surface area contributed by atoms with Crippen LogP contribution in [-0.4, -0.2) is 36.0 Å². The van der Waals surface area contributed by atoms with E-state index in [1.54, 1.807) is 18.1 Å². The minimum Gasteiger partial charge on any atom is -0.492 e. The van der Waals surface area contributed by atoms with Crippen LogP contribution < -0.4 is 4.74 Å². The van der Waals surface area contributed by atoms with Crippen molar-refractivity contribution in [2.24, 2.45) is 0 Å². The van der Waals surface area contributed by atoms with Crippen molar-refractivity contribution in [2.75, 3.05) is 20.2 Å². The maximum Gasteiger partial charge on any atom is 0.265 e. The summed E-state index contributed by atoms with van der Waals surface area (Å²) in [5.41, 5.74) is 1.02. The lowest BCUT2D eigenvalue weighted by molar-refractivity contribution is 0.0778. The normalized spacial score (nSPS) is 10.4. The van der Waals surface area contributed by atoms with Crippen LogP contribution in [0.15, 0.2) is 66.9 Å². The number of carbonyl (C=O) groups excluding carboxylic acids is 1. The molecule has 0 aliphatic carbocycles. The SMILES string of the molecule is CN(CCOc1ccccc1)C(=O)c1cnc(-c2ccccc2)s1. The van der Waals surface area contributed by atoms with Gasteiger partial charge in [0, 0.05) is 12.6 Å². The summed E-state index contributed by atoms with van der Waals surface area (Å²) < 4.78 is 5.63. The monoisotopic (exact) mass is 338 g/mol. The molecule has 0 saturated carbocycles. The van der Waals surface area contributed by atoms with E-state index >= 15 is 0 Å². The first-order valence-corrected chi connectivity index (χ1v) is 8.50. The molecule has 4 nitrogen and oxygen atoms in total. The molecule has 0 spiro atoms. The second kappa shape index (κ2) is 7.75. The van der Waals surface area contributed by atoms with Crippen LogP contribution in [-0.2, 0) is 0 Å². The summed E-state index contributed by atoms with van der Waals surface area (Å²) in [6.07, 6.45) is 1.64. The molecule has 1 heterocycles. The van der Waals surface area contributed by atoms with Gasteiger partial charge in [-0.05, 0) is 12.1 Å². The molecule has 1 amide bonds. The number of benzene rings is 2. The van der Waals surface area contributed by atoms with Crippen LogP contribution in [0.4, 0.5) is 0 Å². The maximum absolute atomic E-state index is 12.5. The van der Waals surface area contributed by atoms with Crippen molar-refractivity contribution < 1.29 is 9.53 Å². The Balaban J connectivity index is 1.57. The van der Waals surface area contributed by atoms with Gasteiger partial charge in [0.05, 0.1) is 12.7 Å². The topological polar surface area (TPSA) is 42.4 Å². The van der Waals surface area contributed by atoms with Gasteiger partial charge in [0.25, 0.3) is 5.91 Å². The fourth-order valence-corrected chi connectivity index (χ4v) is 3.11. The molecule has 0 aliphatic heterocycles. The number of aromatic nitrogens is 1. The van der Waals surface area contributed by atoms with E-state index in [0.717, 1.165) is 16.3 Å². The van der Waals surface area contributed by atoms with E-state index in [4.69, 9.17) is 4.74 Å². The fraction of sp³-hybridized carbons (Fsp3) is 0.158. The lowest BCUT2D eigenvalue weighted by Crippen LogP contribution is -2.30. The van der Waals surface area contributed by atoms with E-state index in [0.29, 0.717) is 18.0 Å². The molecule has 3 aromatic rings. The van der Waals surface area contributed by atoms with Crippen molar-refractivity contribution in [3.05, 3.63) is 71.7 Å². The van der Waals surface area contributed by atoms with Gasteiger partial charge in [-0.15, -0.1) is 11.3 Å². The highest BCUT2D eigenvalue weighted by atomic mass is 32.1. The van der Waals surface area contributed by atoms with Gasteiger partial charge >= 0.3 is 0 Å². The summed E-state index contributed by atoms with van der Waals surface area (Å²) in [6, 6.07) is 19.5. The average molecular weight is 338 g/mol. The van der Waals surface area contributed by atoms with Crippen LogP contribution in [0.1, 0.15) is 9.67 Å². The molecule has 0 radical (unpaired) electrons. The molecule has 0 saturated heterocycles. The standard InChI is InChI=1S/C19H18N2O2S/c1-21(12-13-23-16-10-6-3-7-11-16)19(22)17-14-20-18(24-17)15-8-4-2-5-9-15/h2-11,14H,12-13H2,1H3. The van der Waals surface area contributed by atoms with Crippen LogP contribution >= 0.6 is 11.3 Å². The number of rotatable bonds is 6. The molecule has 0 aliphatic rings. The smallest absolute Gasteiger partial charge is 0.265 e.